The number of aliphatic hydroxyl groups excluding tert-OH is 3. The second-order valence-corrected chi connectivity index (χ2v) is 19.0. The number of carbonyl (C=O) groups is 5. The molecule has 1 saturated carbocycles. The lowest BCUT2D eigenvalue weighted by Crippen LogP contribution is -2.59. The number of carbonyl (C=O) groups excluding carboxylic acids is 5. The fraction of sp³-hybridized carbons (Fsp3) is 0.735. The number of cyclic esters (lactones) is 1. The number of hydrogen-bond donors (Lipinski definition) is 4. The number of fused-ring (bicyclic) bond motifs is 3. The molecule has 0 spiro atoms. The average molecular weight is 886 g/mol. The molecule has 1 unspecified atom stereocenters. The molecule has 2 saturated heterocycles. The third-order valence-corrected chi connectivity index (χ3v) is 14.0. The Morgan fingerprint density at radius 3 is 2.25 bits per heavy atom. The number of esters is 1. The van der Waals surface area contributed by atoms with Gasteiger partial charge in [-0.15, -0.1) is 0 Å². The summed E-state index contributed by atoms with van der Waals surface area (Å²) in [4.78, 5) is 70.7. The van der Waals surface area contributed by atoms with Gasteiger partial charge < -0.3 is 44.3 Å². The molecule has 4 N–H and O–H groups in total. The molecular weight excluding hydrogens is 811 g/mol. The number of allylic oxidation sites excluding steroid dienone is 6. The first kappa shape index (κ1) is 52.3. The number of hydrogen-bond acceptors (Lipinski definition) is 13. The molecule has 354 valence electrons. The number of ether oxygens (including phenoxy) is 4. The standard InChI is InChI=1S/C49H75NO13/c1-28-14-11-10-12-15-29(2)40(60-8)26-36-19-17-34(7)49(59,63-36)46(56)47(57)50-21-13-16-37(50)48(58)62-41(31(4)24-35-18-20-38(51)42(25-35)61-9)27-39(52)30(3)23-33(6)44(54)45(55)43(53)32(5)22-28/h10-12,14-15,23,28,30-32,34-38,40-42,44-45,51,54-55,59H,13,16-22,24-27H2,1-9H3/b12-10+,14-11+,29-15+,33-23+/t28-,30?,31-,32-,34-,35+,36+,37+,38-,40+,41+,42-,44-,45+,49-/m1/s1. The number of amides is 1. The van der Waals surface area contributed by atoms with Crippen LogP contribution >= 0.6 is 0 Å². The summed E-state index contributed by atoms with van der Waals surface area (Å²) in [6, 6.07) is -1.14. The third kappa shape index (κ3) is 13.6. The molecule has 3 fully saturated rings. The number of rotatable bonds is 5. The molecule has 63 heavy (non-hydrogen) atoms. The molecule has 0 aromatic heterocycles. The van der Waals surface area contributed by atoms with E-state index in [9.17, 15) is 44.4 Å². The topological polar surface area (TPSA) is 206 Å². The molecule has 15 atom stereocenters. The Labute approximate surface area is 374 Å². The van der Waals surface area contributed by atoms with Gasteiger partial charge in [-0.3, -0.25) is 19.2 Å². The average Bonchev–Trinajstić information content (AvgIpc) is 3.75. The summed E-state index contributed by atoms with van der Waals surface area (Å²) >= 11 is 0. The van der Waals surface area contributed by atoms with E-state index < -0.39 is 89.6 Å². The Hall–Kier alpha value is -3.37. The van der Waals surface area contributed by atoms with Crippen molar-refractivity contribution < 1.29 is 63.3 Å². The molecule has 3 heterocycles. The Bertz CT molecular complexity index is 1720. The second-order valence-electron chi connectivity index (χ2n) is 19.0. The van der Waals surface area contributed by atoms with Crippen LogP contribution in [0.15, 0.2) is 47.6 Å². The minimum absolute atomic E-state index is 0.0360. The summed E-state index contributed by atoms with van der Waals surface area (Å²) in [5.74, 6) is -8.60. The predicted molar refractivity (Wildman–Crippen MR) is 236 cm³/mol. The molecule has 0 aromatic rings. The second kappa shape index (κ2) is 23.7. The van der Waals surface area contributed by atoms with Gasteiger partial charge in [-0.2, -0.15) is 0 Å². The van der Waals surface area contributed by atoms with Crippen LogP contribution < -0.4 is 0 Å². The molecule has 0 aromatic carbocycles. The van der Waals surface area contributed by atoms with Gasteiger partial charge in [-0.05, 0) is 101 Å². The van der Waals surface area contributed by atoms with Crippen molar-refractivity contribution in [2.75, 3.05) is 20.8 Å². The van der Waals surface area contributed by atoms with Crippen molar-refractivity contribution in [3.63, 3.8) is 0 Å². The van der Waals surface area contributed by atoms with Crippen LogP contribution in [0.5, 0.6) is 0 Å². The summed E-state index contributed by atoms with van der Waals surface area (Å²) in [5.41, 5.74) is 1.11. The van der Waals surface area contributed by atoms with Crippen LogP contribution in [0.4, 0.5) is 0 Å². The monoisotopic (exact) mass is 886 g/mol. The molecule has 4 aliphatic rings. The van der Waals surface area contributed by atoms with Crippen LogP contribution in [0, 0.1) is 35.5 Å². The minimum Gasteiger partial charge on any atom is -0.460 e. The van der Waals surface area contributed by atoms with Gasteiger partial charge in [-0.1, -0.05) is 71.1 Å². The van der Waals surface area contributed by atoms with E-state index in [4.69, 9.17) is 18.9 Å². The fourth-order valence-corrected chi connectivity index (χ4v) is 9.73. The van der Waals surface area contributed by atoms with E-state index in [1.54, 1.807) is 41.9 Å². The van der Waals surface area contributed by atoms with Gasteiger partial charge in [-0.25, -0.2) is 4.79 Å². The number of methoxy groups -OCH3 is 2. The van der Waals surface area contributed by atoms with Crippen LogP contribution in [0.25, 0.3) is 0 Å². The summed E-state index contributed by atoms with van der Waals surface area (Å²) in [6.45, 7) is 12.4. The van der Waals surface area contributed by atoms with Gasteiger partial charge in [0, 0.05) is 51.4 Å². The fourth-order valence-electron chi connectivity index (χ4n) is 9.73. The SMILES string of the molecule is CO[C@H]1C[C@@H]2CC[C@@H](C)[C@@](O)(O2)C(=O)C(=O)N2CCC[C@H]2C(=O)O[C@H]([C@H](C)C[C@@H]2CC[C@@H](O)[C@H](OC)C2)CC(=O)C(C)/C=C(\C)[C@@H](O)[C@@H](O)C(=O)[C@H](C)C[C@H](C)/C=C/C=C/C=C/1C. The molecule has 0 radical (unpaired) electrons. The summed E-state index contributed by atoms with van der Waals surface area (Å²) in [6.07, 6.45) is 9.14. The van der Waals surface area contributed by atoms with Crippen LogP contribution in [-0.2, 0) is 42.9 Å². The Morgan fingerprint density at radius 1 is 0.857 bits per heavy atom. The maximum atomic E-state index is 14.2. The van der Waals surface area contributed by atoms with Crippen molar-refractivity contribution in [2.24, 2.45) is 35.5 Å². The molecule has 1 amide bonds. The van der Waals surface area contributed by atoms with Crippen molar-refractivity contribution in [1.82, 2.24) is 4.90 Å². The predicted octanol–water partition coefficient (Wildman–Crippen LogP) is 5.14. The first-order chi connectivity index (χ1) is 29.7. The quantitative estimate of drug-likeness (QED) is 0.161. The molecule has 14 heteroatoms. The van der Waals surface area contributed by atoms with Gasteiger partial charge in [0.1, 0.15) is 30.1 Å². The Balaban J connectivity index is 1.67. The van der Waals surface area contributed by atoms with E-state index in [2.05, 4.69) is 0 Å². The minimum atomic E-state index is -2.43. The molecule has 14 nitrogen and oxygen atoms in total. The van der Waals surface area contributed by atoms with Gasteiger partial charge in [0.15, 0.2) is 5.78 Å². The van der Waals surface area contributed by atoms with Crippen LogP contribution in [-0.4, -0.2) is 130 Å². The maximum Gasteiger partial charge on any atom is 0.329 e. The highest BCUT2D eigenvalue weighted by molar-refractivity contribution is 6.39. The van der Waals surface area contributed by atoms with E-state index in [1.165, 1.54) is 6.08 Å². The zero-order valence-corrected chi connectivity index (χ0v) is 38.9. The molecule has 4 rings (SSSR count). The van der Waals surface area contributed by atoms with Crippen LogP contribution in [0.2, 0.25) is 0 Å². The lowest BCUT2D eigenvalue weighted by atomic mass is 9.78. The van der Waals surface area contributed by atoms with Crippen molar-refractivity contribution in [1.29, 1.82) is 0 Å². The van der Waals surface area contributed by atoms with Crippen LogP contribution in [0.1, 0.15) is 119 Å². The molecule has 3 aliphatic heterocycles. The van der Waals surface area contributed by atoms with Gasteiger partial charge in [0.2, 0.25) is 5.79 Å². The first-order valence-corrected chi connectivity index (χ1v) is 23.0. The first-order valence-electron chi connectivity index (χ1n) is 23.0. The Kier molecular flexibility index (Phi) is 19.7. The van der Waals surface area contributed by atoms with E-state index in [0.29, 0.717) is 57.8 Å². The highest BCUT2D eigenvalue weighted by Crippen LogP contribution is 2.38. The lowest BCUT2D eigenvalue weighted by molar-refractivity contribution is -0.265. The van der Waals surface area contributed by atoms with E-state index >= 15 is 0 Å². The Morgan fingerprint density at radius 2 is 1.57 bits per heavy atom. The van der Waals surface area contributed by atoms with Crippen molar-refractivity contribution in [3.05, 3.63) is 47.6 Å². The zero-order valence-electron chi connectivity index (χ0n) is 38.9. The van der Waals surface area contributed by atoms with Crippen molar-refractivity contribution in [3.8, 4) is 0 Å². The van der Waals surface area contributed by atoms with Gasteiger partial charge in [0.25, 0.3) is 11.7 Å². The number of nitrogens with zero attached hydrogens (tertiary/aromatic N) is 1. The highest BCUT2D eigenvalue weighted by atomic mass is 16.6. The van der Waals surface area contributed by atoms with E-state index in [0.717, 1.165) is 10.5 Å². The van der Waals surface area contributed by atoms with Gasteiger partial charge in [0.05, 0.1) is 24.4 Å². The van der Waals surface area contributed by atoms with E-state index in [1.807, 2.05) is 51.2 Å². The van der Waals surface area contributed by atoms with E-state index in [-0.39, 0.29) is 54.6 Å². The van der Waals surface area contributed by atoms with Gasteiger partial charge >= 0.3 is 5.97 Å². The lowest BCUT2D eigenvalue weighted by Gasteiger charge is -2.41. The van der Waals surface area contributed by atoms with Crippen molar-refractivity contribution >= 4 is 29.2 Å². The molecular formula is C49H75NO13. The van der Waals surface area contributed by atoms with Crippen LogP contribution in [0.3, 0.4) is 0 Å². The third-order valence-electron chi connectivity index (χ3n) is 14.0. The number of ketones is 3. The number of aliphatic hydroxyl groups is 4. The largest absolute Gasteiger partial charge is 0.460 e. The molecule has 1 aliphatic carbocycles. The number of Topliss-reactive ketones (excluding diaryl/α,β-unsaturated/α-hetero) is 3. The zero-order chi connectivity index (χ0) is 46.8. The smallest absolute Gasteiger partial charge is 0.329 e. The normalized spacial score (nSPS) is 41.1. The summed E-state index contributed by atoms with van der Waals surface area (Å²) in [5, 5.41) is 44.3. The summed E-state index contributed by atoms with van der Waals surface area (Å²) in [7, 11) is 3.12. The maximum absolute atomic E-state index is 14.2. The highest BCUT2D eigenvalue weighted by Gasteiger charge is 2.53. The van der Waals surface area contributed by atoms with Crippen molar-refractivity contribution in [2.45, 2.75) is 174 Å². The summed E-state index contributed by atoms with van der Waals surface area (Å²) < 4.78 is 23.6. The molecule has 2 bridgehead atoms.